The van der Waals surface area contributed by atoms with E-state index in [4.69, 9.17) is 0 Å². The molecule has 1 saturated heterocycles. The van der Waals surface area contributed by atoms with Crippen molar-refractivity contribution < 1.29 is 13.2 Å². The Morgan fingerprint density at radius 2 is 2.08 bits per heavy atom. The zero-order valence-corrected chi connectivity index (χ0v) is 15.3. The Balaban J connectivity index is 1.86. The number of hydrogen-bond acceptors (Lipinski definition) is 5. The van der Waals surface area contributed by atoms with Gasteiger partial charge in [0.25, 0.3) is 0 Å². The van der Waals surface area contributed by atoms with Crippen LogP contribution >= 0.6 is 0 Å². The molecule has 1 aliphatic rings. The molecule has 2 rings (SSSR count). The number of hydrogen-bond donors (Lipinski definition) is 1. The van der Waals surface area contributed by atoms with E-state index in [1.54, 1.807) is 6.07 Å². The minimum atomic E-state index is -3.69. The van der Waals surface area contributed by atoms with Gasteiger partial charge in [0.2, 0.25) is 15.9 Å². The number of likely N-dealkylation sites (N-methyl/N-ethyl adjacent to an activating group) is 1. The summed E-state index contributed by atoms with van der Waals surface area (Å²) in [5.74, 6) is -0.270. The summed E-state index contributed by atoms with van der Waals surface area (Å²) in [6, 6.07) is 3.65. The number of aromatic nitrogens is 1. The maximum Gasteiger partial charge on any atom is 0.244 e. The van der Waals surface area contributed by atoms with Crippen LogP contribution in [0.25, 0.3) is 0 Å². The van der Waals surface area contributed by atoms with Gasteiger partial charge in [0.15, 0.2) is 0 Å². The highest BCUT2D eigenvalue weighted by molar-refractivity contribution is 7.89. The maximum atomic E-state index is 12.4. The molecule has 1 aliphatic heterocycles. The molecule has 1 amide bonds. The topological polar surface area (TPSA) is 82.6 Å². The van der Waals surface area contributed by atoms with E-state index in [0.717, 1.165) is 30.2 Å². The van der Waals surface area contributed by atoms with E-state index in [1.807, 2.05) is 0 Å². The Hall–Kier alpha value is -1.51. The monoisotopic (exact) mass is 354 g/mol. The number of piperidine rings is 1. The third kappa shape index (κ3) is 4.75. The summed E-state index contributed by atoms with van der Waals surface area (Å²) in [4.78, 5) is 18.5. The normalized spacial score (nSPS) is 17.4. The lowest BCUT2D eigenvalue weighted by atomic mass is 10.0. The first-order chi connectivity index (χ1) is 11.3. The molecule has 0 saturated carbocycles. The second-order valence-corrected chi connectivity index (χ2v) is 8.47. The third-order valence-electron chi connectivity index (χ3n) is 4.33. The summed E-state index contributed by atoms with van der Waals surface area (Å²) in [6.45, 7) is 6.04. The molecule has 0 bridgehead atoms. The van der Waals surface area contributed by atoms with Crippen molar-refractivity contribution in [3.8, 4) is 0 Å². The second-order valence-electron chi connectivity index (χ2n) is 6.42. The first kappa shape index (κ1) is 18.8. The van der Waals surface area contributed by atoms with E-state index in [9.17, 15) is 13.2 Å². The molecule has 7 nitrogen and oxygen atoms in total. The largest absolute Gasteiger partial charge is 0.352 e. The summed E-state index contributed by atoms with van der Waals surface area (Å²) < 4.78 is 25.8. The van der Waals surface area contributed by atoms with Crippen molar-refractivity contribution in [1.29, 1.82) is 0 Å². The average Bonchev–Trinajstić information content (AvgIpc) is 2.56. The predicted molar refractivity (Wildman–Crippen MR) is 91.9 cm³/mol. The lowest BCUT2D eigenvalue weighted by molar-refractivity contribution is -0.122. The Morgan fingerprint density at radius 1 is 1.42 bits per heavy atom. The zero-order chi connectivity index (χ0) is 17.7. The summed E-state index contributed by atoms with van der Waals surface area (Å²) in [6.07, 6.45) is 4.58. The number of likely N-dealkylation sites (tertiary alicyclic amines) is 1. The fourth-order valence-corrected chi connectivity index (χ4v) is 3.89. The molecule has 0 aromatic carbocycles. The first-order valence-corrected chi connectivity index (χ1v) is 9.64. The molecule has 1 aromatic heterocycles. The number of carbonyl (C=O) groups is 1. The van der Waals surface area contributed by atoms with Gasteiger partial charge in [-0.05, 0) is 38.8 Å². The fraction of sp³-hybridized carbons (Fsp3) is 0.625. The molecule has 134 valence electrons. The molecule has 0 atom stereocenters. The van der Waals surface area contributed by atoms with Crippen molar-refractivity contribution in [2.75, 3.05) is 26.7 Å². The molecule has 2 heterocycles. The number of pyridine rings is 1. The summed E-state index contributed by atoms with van der Waals surface area (Å²) >= 11 is 0. The van der Waals surface area contributed by atoms with Gasteiger partial charge in [0.05, 0.1) is 6.54 Å². The average molecular weight is 354 g/mol. The van der Waals surface area contributed by atoms with Crippen LogP contribution in [0.2, 0.25) is 0 Å². The lowest BCUT2D eigenvalue weighted by Crippen LogP contribution is -2.48. The van der Waals surface area contributed by atoms with E-state index in [-0.39, 0.29) is 23.4 Å². The molecule has 0 aliphatic carbocycles. The van der Waals surface area contributed by atoms with Crippen LogP contribution < -0.4 is 5.32 Å². The molecule has 0 radical (unpaired) electrons. The van der Waals surface area contributed by atoms with Gasteiger partial charge in [0.1, 0.15) is 4.90 Å². The lowest BCUT2D eigenvalue weighted by Gasteiger charge is -2.35. The van der Waals surface area contributed by atoms with Crippen LogP contribution in [-0.2, 0) is 14.8 Å². The van der Waals surface area contributed by atoms with Crippen molar-refractivity contribution in [2.24, 2.45) is 0 Å². The molecule has 1 N–H and O–H groups in total. The van der Waals surface area contributed by atoms with Crippen LogP contribution in [0.15, 0.2) is 29.4 Å². The number of amides is 1. The van der Waals surface area contributed by atoms with Crippen molar-refractivity contribution >= 4 is 15.9 Å². The van der Waals surface area contributed by atoms with E-state index in [2.05, 4.69) is 29.0 Å². The van der Waals surface area contributed by atoms with Gasteiger partial charge in [-0.3, -0.25) is 9.78 Å². The van der Waals surface area contributed by atoms with Gasteiger partial charge >= 0.3 is 0 Å². The number of sulfonamides is 1. The maximum absolute atomic E-state index is 12.4. The highest BCUT2D eigenvalue weighted by Gasteiger charge is 2.26. The standard InChI is InChI=1S/C16H26N4O3S/c1-13(2)20-9-6-14(7-10-20)18-16(21)12-19(3)24(22,23)15-5-4-8-17-11-15/h4-5,8,11,13-14H,6-7,9-10,12H2,1-3H3,(H,18,21). The minimum Gasteiger partial charge on any atom is -0.352 e. The van der Waals surface area contributed by atoms with Crippen LogP contribution in [0.5, 0.6) is 0 Å². The van der Waals surface area contributed by atoms with Gasteiger partial charge in [-0.15, -0.1) is 0 Å². The fourth-order valence-electron chi connectivity index (χ4n) is 2.80. The van der Waals surface area contributed by atoms with Gasteiger partial charge in [-0.2, -0.15) is 4.31 Å². The summed E-state index contributed by atoms with van der Waals surface area (Å²) in [5.41, 5.74) is 0. The SMILES string of the molecule is CC(C)N1CCC(NC(=O)CN(C)S(=O)(=O)c2cccnc2)CC1. The van der Waals surface area contributed by atoms with Crippen molar-refractivity contribution in [3.63, 3.8) is 0 Å². The quantitative estimate of drug-likeness (QED) is 0.813. The smallest absolute Gasteiger partial charge is 0.244 e. The Kier molecular flexibility index (Phi) is 6.31. The highest BCUT2D eigenvalue weighted by Crippen LogP contribution is 2.14. The van der Waals surface area contributed by atoms with Crippen LogP contribution in [0, 0.1) is 0 Å². The molecular formula is C16H26N4O3S. The number of nitrogens with zero attached hydrogens (tertiary/aromatic N) is 3. The molecule has 1 fully saturated rings. The third-order valence-corrected chi connectivity index (χ3v) is 6.12. The van der Waals surface area contributed by atoms with Crippen molar-refractivity contribution in [3.05, 3.63) is 24.5 Å². The summed E-state index contributed by atoms with van der Waals surface area (Å²) in [7, 11) is -2.29. The molecule has 8 heteroatoms. The van der Waals surface area contributed by atoms with Crippen LogP contribution in [-0.4, -0.2) is 67.3 Å². The Bertz CT molecular complexity index is 641. The van der Waals surface area contributed by atoms with E-state index >= 15 is 0 Å². The molecular weight excluding hydrogens is 328 g/mol. The molecule has 24 heavy (non-hydrogen) atoms. The van der Waals surface area contributed by atoms with Gasteiger partial charge in [-0.1, -0.05) is 0 Å². The van der Waals surface area contributed by atoms with Gasteiger partial charge in [-0.25, -0.2) is 8.42 Å². The molecule has 0 unspecified atom stereocenters. The van der Waals surface area contributed by atoms with Gasteiger partial charge in [0, 0.05) is 44.6 Å². The Labute approximate surface area is 144 Å². The summed E-state index contributed by atoms with van der Waals surface area (Å²) in [5, 5.41) is 2.95. The second kappa shape index (κ2) is 8.04. The van der Waals surface area contributed by atoms with Gasteiger partial charge < -0.3 is 10.2 Å². The zero-order valence-electron chi connectivity index (χ0n) is 14.5. The minimum absolute atomic E-state index is 0.0885. The highest BCUT2D eigenvalue weighted by atomic mass is 32.2. The number of nitrogens with one attached hydrogen (secondary N) is 1. The number of rotatable bonds is 6. The Morgan fingerprint density at radius 3 is 2.62 bits per heavy atom. The number of carbonyl (C=O) groups excluding carboxylic acids is 1. The van der Waals surface area contributed by atoms with E-state index in [1.165, 1.54) is 25.5 Å². The van der Waals surface area contributed by atoms with E-state index in [0.29, 0.717) is 6.04 Å². The molecule has 1 aromatic rings. The molecule has 0 spiro atoms. The van der Waals surface area contributed by atoms with Crippen LogP contribution in [0.4, 0.5) is 0 Å². The van der Waals surface area contributed by atoms with E-state index < -0.39 is 10.0 Å². The van der Waals surface area contributed by atoms with Crippen LogP contribution in [0.3, 0.4) is 0 Å². The van der Waals surface area contributed by atoms with Crippen molar-refractivity contribution in [1.82, 2.24) is 19.5 Å². The van der Waals surface area contributed by atoms with Crippen molar-refractivity contribution in [2.45, 2.75) is 43.7 Å². The van der Waals surface area contributed by atoms with Crippen LogP contribution in [0.1, 0.15) is 26.7 Å². The predicted octanol–water partition coefficient (Wildman–Crippen LogP) is 0.691. The first-order valence-electron chi connectivity index (χ1n) is 8.20.